The molecule has 0 unspecified atom stereocenters. The molecule has 0 aliphatic heterocycles. The Morgan fingerprint density at radius 1 is 1.21 bits per heavy atom. The minimum Gasteiger partial charge on any atom is -0.382 e. The van der Waals surface area contributed by atoms with E-state index in [4.69, 9.17) is 5.73 Å². The number of rotatable bonds is 5. The molecule has 3 N–H and O–H groups in total. The lowest BCUT2D eigenvalue weighted by Gasteiger charge is -2.18. The fraction of sp³-hybridized carbons (Fsp3) is 0.500. The van der Waals surface area contributed by atoms with E-state index in [0.29, 0.717) is 12.6 Å². The van der Waals surface area contributed by atoms with Gasteiger partial charge in [0, 0.05) is 18.3 Å². The minimum absolute atomic E-state index is 0.558. The van der Waals surface area contributed by atoms with Crippen molar-refractivity contribution in [3.8, 4) is 0 Å². The van der Waals surface area contributed by atoms with Crippen LogP contribution in [0.25, 0.3) is 0 Å². The summed E-state index contributed by atoms with van der Waals surface area (Å²) in [5.41, 5.74) is 8.05. The number of nitrogens with two attached hydrogens (primary N) is 1. The quantitative estimate of drug-likeness (QED) is 0.752. The van der Waals surface area contributed by atoms with Gasteiger partial charge in [0.1, 0.15) is 0 Å². The molecule has 78 valence electrons. The highest BCUT2D eigenvalue weighted by Gasteiger charge is 2.05. The largest absolute Gasteiger partial charge is 0.382 e. The third-order valence-corrected chi connectivity index (χ3v) is 2.58. The second kappa shape index (κ2) is 5.66. The van der Waals surface area contributed by atoms with Gasteiger partial charge in [-0.05, 0) is 24.5 Å². The molecule has 0 bridgehead atoms. The van der Waals surface area contributed by atoms with Crippen LogP contribution in [-0.4, -0.2) is 6.04 Å². The summed E-state index contributed by atoms with van der Waals surface area (Å²) in [6.07, 6.45) is 2.30. The van der Waals surface area contributed by atoms with Crippen LogP contribution in [0.5, 0.6) is 0 Å². The molecule has 14 heavy (non-hydrogen) atoms. The summed E-state index contributed by atoms with van der Waals surface area (Å²) in [7, 11) is 0. The topological polar surface area (TPSA) is 38.0 Å². The van der Waals surface area contributed by atoms with Crippen LogP contribution in [0.2, 0.25) is 0 Å². The van der Waals surface area contributed by atoms with Crippen LogP contribution in [0, 0.1) is 0 Å². The average Bonchev–Trinajstić information content (AvgIpc) is 2.26. The van der Waals surface area contributed by atoms with Crippen LogP contribution in [-0.2, 0) is 6.54 Å². The van der Waals surface area contributed by atoms with Crippen molar-refractivity contribution in [3.05, 3.63) is 29.8 Å². The third kappa shape index (κ3) is 2.74. The molecule has 2 nitrogen and oxygen atoms in total. The maximum Gasteiger partial charge on any atom is 0.0387 e. The summed E-state index contributed by atoms with van der Waals surface area (Å²) in [5.74, 6) is 0. The molecule has 0 amide bonds. The monoisotopic (exact) mass is 192 g/mol. The Morgan fingerprint density at radius 2 is 1.86 bits per heavy atom. The summed E-state index contributed by atoms with van der Waals surface area (Å²) in [4.78, 5) is 0. The molecule has 0 aromatic heterocycles. The summed E-state index contributed by atoms with van der Waals surface area (Å²) in [6.45, 7) is 5.00. The lowest BCUT2D eigenvalue weighted by molar-refractivity contribution is 0.670. The number of hydrogen-bond donors (Lipinski definition) is 2. The van der Waals surface area contributed by atoms with Crippen molar-refractivity contribution in [2.24, 2.45) is 5.73 Å². The van der Waals surface area contributed by atoms with E-state index in [1.54, 1.807) is 0 Å². The molecular formula is C12H20N2. The molecule has 0 radical (unpaired) electrons. The van der Waals surface area contributed by atoms with Gasteiger partial charge in [0.15, 0.2) is 0 Å². The van der Waals surface area contributed by atoms with Gasteiger partial charge in [-0.1, -0.05) is 32.0 Å². The third-order valence-electron chi connectivity index (χ3n) is 2.58. The first kappa shape index (κ1) is 11.1. The van der Waals surface area contributed by atoms with E-state index < -0.39 is 0 Å². The SMILES string of the molecule is CCC(CC)Nc1ccccc1CN. The molecule has 0 spiro atoms. The highest BCUT2D eigenvalue weighted by atomic mass is 14.9. The first-order valence-corrected chi connectivity index (χ1v) is 5.36. The first-order chi connectivity index (χ1) is 6.81. The van der Waals surface area contributed by atoms with E-state index in [0.717, 1.165) is 12.8 Å². The average molecular weight is 192 g/mol. The predicted molar refractivity (Wildman–Crippen MR) is 62.3 cm³/mol. The molecule has 0 heterocycles. The standard InChI is InChI=1S/C12H20N2/c1-3-11(4-2)14-12-8-6-5-7-10(12)9-13/h5-8,11,14H,3-4,9,13H2,1-2H3. The van der Waals surface area contributed by atoms with Crippen LogP contribution >= 0.6 is 0 Å². The number of para-hydroxylation sites is 1. The molecule has 0 saturated carbocycles. The van der Waals surface area contributed by atoms with E-state index in [-0.39, 0.29) is 0 Å². The molecule has 0 atom stereocenters. The number of hydrogen-bond acceptors (Lipinski definition) is 2. The molecule has 2 heteroatoms. The van der Waals surface area contributed by atoms with E-state index >= 15 is 0 Å². The molecule has 0 aliphatic carbocycles. The van der Waals surface area contributed by atoms with E-state index in [1.807, 2.05) is 12.1 Å². The van der Waals surface area contributed by atoms with Crippen LogP contribution in [0.1, 0.15) is 32.3 Å². The minimum atomic E-state index is 0.558. The Labute approximate surface area is 86.5 Å². The Bertz CT molecular complexity index is 267. The summed E-state index contributed by atoms with van der Waals surface area (Å²) in [6, 6.07) is 8.80. The number of nitrogens with one attached hydrogen (secondary N) is 1. The summed E-state index contributed by atoms with van der Waals surface area (Å²) < 4.78 is 0. The Hall–Kier alpha value is -1.02. The lowest BCUT2D eigenvalue weighted by Crippen LogP contribution is -2.18. The van der Waals surface area contributed by atoms with Crippen LogP contribution < -0.4 is 11.1 Å². The molecule has 1 rings (SSSR count). The number of anilines is 1. The molecule has 0 saturated heterocycles. The zero-order valence-corrected chi connectivity index (χ0v) is 9.09. The zero-order valence-electron chi connectivity index (χ0n) is 9.09. The van der Waals surface area contributed by atoms with Crippen molar-refractivity contribution in [2.75, 3.05) is 5.32 Å². The van der Waals surface area contributed by atoms with Gasteiger partial charge >= 0.3 is 0 Å². The second-order valence-electron chi connectivity index (χ2n) is 3.52. The molecule has 1 aromatic carbocycles. The van der Waals surface area contributed by atoms with Gasteiger partial charge in [-0.15, -0.1) is 0 Å². The Kier molecular flexibility index (Phi) is 4.47. The Morgan fingerprint density at radius 3 is 2.43 bits per heavy atom. The van der Waals surface area contributed by atoms with Crippen LogP contribution in [0.15, 0.2) is 24.3 Å². The van der Waals surface area contributed by atoms with Crippen LogP contribution in [0.3, 0.4) is 0 Å². The predicted octanol–water partition coefficient (Wildman–Crippen LogP) is 2.75. The van der Waals surface area contributed by atoms with Crippen molar-refractivity contribution in [1.82, 2.24) is 0 Å². The zero-order chi connectivity index (χ0) is 10.4. The van der Waals surface area contributed by atoms with Gasteiger partial charge < -0.3 is 11.1 Å². The van der Waals surface area contributed by atoms with Crippen molar-refractivity contribution in [3.63, 3.8) is 0 Å². The molecular weight excluding hydrogens is 172 g/mol. The smallest absolute Gasteiger partial charge is 0.0387 e. The van der Waals surface area contributed by atoms with Gasteiger partial charge in [-0.25, -0.2) is 0 Å². The summed E-state index contributed by atoms with van der Waals surface area (Å²) in [5, 5.41) is 3.52. The second-order valence-corrected chi connectivity index (χ2v) is 3.52. The van der Waals surface area contributed by atoms with Gasteiger partial charge in [-0.3, -0.25) is 0 Å². The highest BCUT2D eigenvalue weighted by Crippen LogP contribution is 2.16. The number of benzene rings is 1. The fourth-order valence-electron chi connectivity index (χ4n) is 1.55. The Balaban J connectivity index is 2.74. The maximum absolute atomic E-state index is 5.67. The normalized spacial score (nSPS) is 10.6. The highest BCUT2D eigenvalue weighted by molar-refractivity contribution is 5.51. The van der Waals surface area contributed by atoms with Gasteiger partial charge in [0.05, 0.1) is 0 Å². The van der Waals surface area contributed by atoms with Crippen LogP contribution in [0.4, 0.5) is 5.69 Å². The van der Waals surface area contributed by atoms with Gasteiger partial charge in [0.2, 0.25) is 0 Å². The van der Waals surface area contributed by atoms with Crippen molar-refractivity contribution < 1.29 is 0 Å². The van der Waals surface area contributed by atoms with Crippen molar-refractivity contribution in [2.45, 2.75) is 39.3 Å². The fourth-order valence-corrected chi connectivity index (χ4v) is 1.55. The van der Waals surface area contributed by atoms with Crippen molar-refractivity contribution >= 4 is 5.69 Å². The lowest BCUT2D eigenvalue weighted by atomic mass is 10.1. The van der Waals surface area contributed by atoms with E-state index in [2.05, 4.69) is 31.3 Å². The molecule has 1 aromatic rings. The van der Waals surface area contributed by atoms with Crippen molar-refractivity contribution in [1.29, 1.82) is 0 Å². The van der Waals surface area contributed by atoms with Gasteiger partial charge in [0.25, 0.3) is 0 Å². The van der Waals surface area contributed by atoms with E-state index in [1.165, 1.54) is 11.3 Å². The molecule has 0 aliphatic rings. The van der Waals surface area contributed by atoms with E-state index in [9.17, 15) is 0 Å². The first-order valence-electron chi connectivity index (χ1n) is 5.36. The molecule has 0 fully saturated rings. The van der Waals surface area contributed by atoms with Gasteiger partial charge in [-0.2, -0.15) is 0 Å². The summed E-state index contributed by atoms with van der Waals surface area (Å²) >= 11 is 0. The maximum atomic E-state index is 5.67.